The number of nitrogens with one attached hydrogen (secondary N) is 1. The molecule has 2 atom stereocenters. The lowest BCUT2D eigenvalue weighted by Crippen LogP contribution is -2.44. The number of esters is 3. The van der Waals surface area contributed by atoms with E-state index in [0.717, 1.165) is 16.8 Å². The monoisotopic (exact) mass is 839 g/mol. The van der Waals surface area contributed by atoms with E-state index in [4.69, 9.17) is 23.7 Å². The predicted molar refractivity (Wildman–Crippen MR) is 233 cm³/mol. The van der Waals surface area contributed by atoms with Gasteiger partial charge in [0.25, 0.3) is 5.91 Å². The lowest BCUT2D eigenvalue weighted by atomic mass is 9.82. The summed E-state index contributed by atoms with van der Waals surface area (Å²) in [6.45, 7) is 20.9. The van der Waals surface area contributed by atoms with Crippen LogP contribution in [0.2, 0.25) is 0 Å². The van der Waals surface area contributed by atoms with Crippen LogP contribution in [-0.2, 0) is 42.9 Å². The molecular weight excluding hydrogens is 775 g/mol. The lowest BCUT2D eigenvalue weighted by Gasteiger charge is -2.32. The Hall–Kier alpha value is -4.66. The standard InChI is InChI=1S/C45H65N3O10S/c1-13-20-33(30(5)14-2)34-27-35(42(51)54-11)36(15-3)48(44(53)58-45(8,9)10)38(40(34)43(52)56-16-4)28-55-26-24-46-23-19-25-47(37-22-18-17-21-31(37)6)41(50)39(29-59-12)57-32(7)49/h13-14,17-18,20-22,34,39,46H,2,15-16,19,23-29H2,1,3-12H3/b20-13-,33-30?. The number of ether oxygens (including phenoxy) is 5. The number of anilines is 1. The highest BCUT2D eigenvalue weighted by molar-refractivity contribution is 7.98. The van der Waals surface area contributed by atoms with Crippen molar-refractivity contribution in [3.63, 3.8) is 0 Å². The van der Waals surface area contributed by atoms with Crippen molar-refractivity contribution in [2.24, 2.45) is 5.92 Å². The van der Waals surface area contributed by atoms with Gasteiger partial charge in [0.15, 0.2) is 6.10 Å². The molecule has 13 nitrogen and oxygen atoms in total. The number of hydrogen-bond donors (Lipinski definition) is 1. The van der Waals surface area contributed by atoms with E-state index in [1.807, 2.05) is 70.4 Å². The number of carbonyl (C=O) groups excluding carboxylic acids is 5. The van der Waals surface area contributed by atoms with Gasteiger partial charge in [-0.15, -0.1) is 0 Å². The summed E-state index contributed by atoms with van der Waals surface area (Å²) >= 11 is 1.42. The minimum atomic E-state index is -0.918. The zero-order chi connectivity index (χ0) is 44.3. The molecule has 0 saturated heterocycles. The number of aryl methyl sites for hydroxylation is 1. The van der Waals surface area contributed by atoms with Gasteiger partial charge in [0.1, 0.15) is 5.60 Å². The highest BCUT2D eigenvalue weighted by Crippen LogP contribution is 2.41. The fourth-order valence-electron chi connectivity index (χ4n) is 6.66. The Balaban J connectivity index is 2.51. The van der Waals surface area contributed by atoms with Gasteiger partial charge in [-0.3, -0.25) is 14.5 Å². The molecule has 2 rings (SSSR count). The Morgan fingerprint density at radius 1 is 1.07 bits per heavy atom. The van der Waals surface area contributed by atoms with Crippen molar-refractivity contribution >= 4 is 47.4 Å². The van der Waals surface area contributed by atoms with Crippen LogP contribution in [0.25, 0.3) is 0 Å². The maximum atomic E-state index is 14.3. The van der Waals surface area contributed by atoms with Crippen LogP contribution in [0.3, 0.4) is 0 Å². The van der Waals surface area contributed by atoms with Gasteiger partial charge in [0.05, 0.1) is 43.8 Å². The van der Waals surface area contributed by atoms with Crippen molar-refractivity contribution in [3.05, 3.63) is 88.3 Å². The Bertz CT molecular complexity index is 1770. The molecule has 1 aliphatic rings. The minimum Gasteiger partial charge on any atom is -0.466 e. The van der Waals surface area contributed by atoms with Gasteiger partial charge in [0.2, 0.25) is 0 Å². The maximum absolute atomic E-state index is 14.3. The molecule has 326 valence electrons. The maximum Gasteiger partial charge on any atom is 0.419 e. The van der Waals surface area contributed by atoms with Crippen molar-refractivity contribution in [2.45, 2.75) is 93.3 Å². The van der Waals surface area contributed by atoms with Gasteiger partial charge >= 0.3 is 24.0 Å². The fraction of sp³-hybridized carbons (Fsp3) is 0.533. The number of benzene rings is 1. The average molecular weight is 840 g/mol. The van der Waals surface area contributed by atoms with Gasteiger partial charge in [-0.05, 0) is 103 Å². The summed E-state index contributed by atoms with van der Waals surface area (Å²) in [4.78, 5) is 70.5. The lowest BCUT2D eigenvalue weighted by molar-refractivity contribution is -0.151. The molecule has 1 N–H and O–H groups in total. The highest BCUT2D eigenvalue weighted by Gasteiger charge is 2.42. The largest absolute Gasteiger partial charge is 0.466 e. The molecular formula is C45H65N3O10S. The van der Waals surface area contributed by atoms with E-state index in [-0.39, 0.29) is 55.4 Å². The SMILES string of the molecule is C=CC(C)=C(/C=C\C)C1CC(C(=O)OC)=C(CC)N(C(=O)OC(C)(C)C)C(COCCNCCCN(C(=O)C(CSC)OC(C)=O)c2ccccc2C)=C1C(=O)OCC. The first kappa shape index (κ1) is 50.5. The molecule has 59 heavy (non-hydrogen) atoms. The highest BCUT2D eigenvalue weighted by atomic mass is 32.2. The summed E-state index contributed by atoms with van der Waals surface area (Å²) in [5.41, 5.74) is 3.10. The third kappa shape index (κ3) is 14.8. The summed E-state index contributed by atoms with van der Waals surface area (Å²) in [7, 11) is 1.28. The quantitative estimate of drug-likeness (QED) is 0.0562. The first-order valence-electron chi connectivity index (χ1n) is 20.0. The number of para-hydroxylation sites is 1. The Morgan fingerprint density at radius 3 is 2.32 bits per heavy atom. The number of amides is 2. The number of rotatable bonds is 21. The van der Waals surface area contributed by atoms with Gasteiger partial charge in [-0.1, -0.05) is 49.9 Å². The molecule has 1 aromatic rings. The molecule has 0 aliphatic carbocycles. The number of methoxy groups -OCH3 is 1. The summed E-state index contributed by atoms with van der Waals surface area (Å²) in [6.07, 6.45) is 6.35. The van der Waals surface area contributed by atoms with Gasteiger partial charge in [-0.25, -0.2) is 14.4 Å². The molecule has 2 unspecified atom stereocenters. The van der Waals surface area contributed by atoms with E-state index in [2.05, 4.69) is 11.9 Å². The molecule has 1 aromatic carbocycles. The predicted octanol–water partition coefficient (Wildman–Crippen LogP) is 7.61. The third-order valence-corrected chi connectivity index (χ3v) is 9.88. The van der Waals surface area contributed by atoms with Crippen LogP contribution >= 0.6 is 11.8 Å². The summed E-state index contributed by atoms with van der Waals surface area (Å²) in [6, 6.07) is 7.57. The zero-order valence-electron chi connectivity index (χ0n) is 36.9. The van der Waals surface area contributed by atoms with Crippen molar-refractivity contribution in [1.29, 1.82) is 0 Å². The van der Waals surface area contributed by atoms with Crippen LogP contribution in [0.1, 0.15) is 80.2 Å². The molecule has 2 amide bonds. The second kappa shape index (κ2) is 25.1. The fourth-order valence-corrected chi connectivity index (χ4v) is 7.17. The first-order chi connectivity index (χ1) is 28.0. The van der Waals surface area contributed by atoms with Crippen LogP contribution in [-0.4, -0.2) is 105 Å². The molecule has 0 aromatic heterocycles. The van der Waals surface area contributed by atoms with Crippen LogP contribution < -0.4 is 10.2 Å². The Labute approximate surface area is 355 Å². The van der Waals surface area contributed by atoms with Crippen molar-refractivity contribution in [1.82, 2.24) is 10.2 Å². The van der Waals surface area contributed by atoms with E-state index < -0.39 is 41.6 Å². The molecule has 0 spiro atoms. The first-order valence-corrected chi connectivity index (χ1v) is 21.4. The normalized spacial score (nSPS) is 15.6. The van der Waals surface area contributed by atoms with Gasteiger partial charge in [-0.2, -0.15) is 11.8 Å². The number of thioether (sulfide) groups is 1. The van der Waals surface area contributed by atoms with E-state index in [1.54, 1.807) is 38.7 Å². The molecule has 1 aliphatic heterocycles. The van der Waals surface area contributed by atoms with Crippen LogP contribution in [0.15, 0.2) is 82.8 Å². The average Bonchev–Trinajstić information content (AvgIpc) is 3.32. The molecule has 0 radical (unpaired) electrons. The van der Waals surface area contributed by atoms with Crippen molar-refractivity contribution < 1.29 is 47.7 Å². The van der Waals surface area contributed by atoms with E-state index in [9.17, 15) is 24.0 Å². The van der Waals surface area contributed by atoms with Gasteiger partial charge < -0.3 is 33.9 Å². The number of carbonyl (C=O) groups is 5. The summed E-state index contributed by atoms with van der Waals surface area (Å²) in [5, 5.41) is 3.35. The molecule has 1 heterocycles. The van der Waals surface area contributed by atoms with Crippen LogP contribution in [0.4, 0.5) is 10.5 Å². The van der Waals surface area contributed by atoms with E-state index in [0.29, 0.717) is 43.1 Å². The second-order valence-electron chi connectivity index (χ2n) is 14.8. The number of allylic oxidation sites excluding steroid dienone is 6. The summed E-state index contributed by atoms with van der Waals surface area (Å²) in [5.74, 6) is -2.53. The van der Waals surface area contributed by atoms with Crippen LogP contribution in [0.5, 0.6) is 0 Å². The van der Waals surface area contributed by atoms with E-state index in [1.165, 1.54) is 30.7 Å². The summed E-state index contributed by atoms with van der Waals surface area (Å²) < 4.78 is 28.5. The van der Waals surface area contributed by atoms with Crippen molar-refractivity contribution in [3.8, 4) is 0 Å². The third-order valence-electron chi connectivity index (χ3n) is 9.25. The van der Waals surface area contributed by atoms with E-state index >= 15 is 0 Å². The minimum absolute atomic E-state index is 0.0279. The smallest absolute Gasteiger partial charge is 0.419 e. The topological polar surface area (TPSA) is 150 Å². The second-order valence-corrected chi connectivity index (χ2v) is 15.7. The van der Waals surface area contributed by atoms with Crippen molar-refractivity contribution in [2.75, 3.05) is 63.5 Å². The van der Waals surface area contributed by atoms with Gasteiger partial charge in [0, 0.05) is 43.1 Å². The molecule has 14 heteroatoms. The molecule has 0 saturated carbocycles. The molecule has 0 fully saturated rings. The Kier molecular flexibility index (Phi) is 21.5. The molecule has 0 bridgehead atoms. The van der Waals surface area contributed by atoms with Crippen LogP contribution in [0, 0.1) is 12.8 Å². The number of hydrogen-bond acceptors (Lipinski definition) is 12. The Morgan fingerprint density at radius 2 is 1.76 bits per heavy atom. The number of nitrogens with zero attached hydrogens (tertiary/aromatic N) is 2. The zero-order valence-corrected chi connectivity index (χ0v) is 37.7.